The van der Waals surface area contributed by atoms with Crippen molar-refractivity contribution < 1.29 is 4.79 Å². The molecular formula is C15H22ClN3O. The third-order valence-electron chi connectivity index (χ3n) is 4.41. The summed E-state index contributed by atoms with van der Waals surface area (Å²) in [6.45, 7) is 4.49. The van der Waals surface area contributed by atoms with Gasteiger partial charge in [0.1, 0.15) is 0 Å². The Morgan fingerprint density at radius 3 is 2.70 bits per heavy atom. The molecule has 3 atom stereocenters. The smallest absolute Gasteiger partial charge is 0.250 e. The van der Waals surface area contributed by atoms with Crippen molar-refractivity contribution in [2.45, 2.75) is 39.2 Å². The molecule has 5 heteroatoms. The Bertz CT molecular complexity index is 518. The minimum absolute atomic E-state index is 0.304. The molecule has 4 nitrogen and oxygen atoms in total. The van der Waals surface area contributed by atoms with Crippen LogP contribution < -0.4 is 16.8 Å². The van der Waals surface area contributed by atoms with E-state index >= 15 is 0 Å². The zero-order chi connectivity index (χ0) is 14.9. The first-order valence-electron chi connectivity index (χ1n) is 7.05. The van der Waals surface area contributed by atoms with Crippen LogP contribution in [-0.4, -0.2) is 11.9 Å². The number of hydrogen-bond donors (Lipinski definition) is 3. The van der Waals surface area contributed by atoms with Crippen LogP contribution in [0.4, 0.5) is 11.4 Å². The Kier molecular flexibility index (Phi) is 4.43. The molecule has 0 saturated heterocycles. The highest BCUT2D eigenvalue weighted by Gasteiger charge is 2.28. The van der Waals surface area contributed by atoms with Crippen LogP contribution in [0, 0.1) is 11.8 Å². The molecule has 2 rings (SSSR count). The quantitative estimate of drug-likeness (QED) is 0.749. The molecule has 20 heavy (non-hydrogen) atoms. The second kappa shape index (κ2) is 5.92. The monoisotopic (exact) mass is 295 g/mol. The zero-order valence-electron chi connectivity index (χ0n) is 11.9. The Balaban J connectivity index is 2.31. The molecule has 3 unspecified atom stereocenters. The van der Waals surface area contributed by atoms with Gasteiger partial charge >= 0.3 is 0 Å². The Hall–Kier alpha value is -1.42. The third kappa shape index (κ3) is 3.01. The van der Waals surface area contributed by atoms with Crippen molar-refractivity contribution in [1.82, 2.24) is 0 Å². The summed E-state index contributed by atoms with van der Waals surface area (Å²) >= 11 is 6.23. The van der Waals surface area contributed by atoms with E-state index in [0.29, 0.717) is 39.8 Å². The van der Waals surface area contributed by atoms with Crippen molar-refractivity contribution in [3.05, 3.63) is 22.7 Å². The Morgan fingerprint density at radius 2 is 2.05 bits per heavy atom. The number of amides is 1. The number of nitrogens with two attached hydrogens (primary N) is 2. The molecule has 1 aliphatic carbocycles. The fourth-order valence-electron chi connectivity index (χ4n) is 2.94. The van der Waals surface area contributed by atoms with Crippen molar-refractivity contribution in [3.8, 4) is 0 Å². The van der Waals surface area contributed by atoms with Crippen LogP contribution >= 0.6 is 11.6 Å². The van der Waals surface area contributed by atoms with E-state index in [1.54, 1.807) is 12.1 Å². The van der Waals surface area contributed by atoms with E-state index < -0.39 is 5.91 Å². The van der Waals surface area contributed by atoms with Crippen LogP contribution in [0.3, 0.4) is 0 Å². The highest BCUT2D eigenvalue weighted by molar-refractivity contribution is 6.34. The van der Waals surface area contributed by atoms with E-state index in [-0.39, 0.29) is 0 Å². The standard InChI is InChI=1S/C15H22ClN3O/c1-8-4-3-5-13(9(8)2)19-14-11(15(18)20)6-10(17)7-12(14)16/h6-9,13,19H,3-5,17H2,1-2H3,(H2,18,20). The molecule has 1 aliphatic rings. The predicted molar refractivity (Wildman–Crippen MR) is 84.0 cm³/mol. The number of carbonyl (C=O) groups is 1. The van der Waals surface area contributed by atoms with E-state index in [1.807, 2.05) is 0 Å². The maximum absolute atomic E-state index is 11.6. The Morgan fingerprint density at radius 1 is 1.35 bits per heavy atom. The number of primary amides is 1. The molecule has 1 aromatic rings. The predicted octanol–water partition coefficient (Wildman–Crippen LogP) is 3.26. The van der Waals surface area contributed by atoms with Gasteiger partial charge in [0.15, 0.2) is 0 Å². The average Bonchev–Trinajstić information content (AvgIpc) is 2.37. The van der Waals surface area contributed by atoms with Crippen LogP contribution in [0.5, 0.6) is 0 Å². The molecule has 0 radical (unpaired) electrons. The number of rotatable bonds is 3. The van der Waals surface area contributed by atoms with Crippen molar-refractivity contribution in [1.29, 1.82) is 0 Å². The van der Waals surface area contributed by atoms with E-state index in [1.165, 1.54) is 12.8 Å². The molecular weight excluding hydrogens is 274 g/mol. The number of benzene rings is 1. The maximum Gasteiger partial charge on any atom is 0.250 e. The van der Waals surface area contributed by atoms with Crippen LogP contribution in [0.25, 0.3) is 0 Å². The summed E-state index contributed by atoms with van der Waals surface area (Å²) in [5.74, 6) is 0.669. The van der Waals surface area contributed by atoms with Crippen molar-refractivity contribution in [2.24, 2.45) is 17.6 Å². The van der Waals surface area contributed by atoms with Gasteiger partial charge in [0.25, 0.3) is 5.91 Å². The lowest BCUT2D eigenvalue weighted by Gasteiger charge is -2.35. The number of nitrogens with one attached hydrogen (secondary N) is 1. The van der Waals surface area contributed by atoms with Gasteiger partial charge < -0.3 is 16.8 Å². The summed E-state index contributed by atoms with van der Waals surface area (Å²) in [6, 6.07) is 3.53. The molecule has 0 aliphatic heterocycles. The maximum atomic E-state index is 11.6. The van der Waals surface area contributed by atoms with Gasteiger partial charge in [-0.2, -0.15) is 0 Å². The van der Waals surface area contributed by atoms with Crippen molar-refractivity contribution in [2.75, 3.05) is 11.1 Å². The zero-order valence-corrected chi connectivity index (χ0v) is 12.7. The summed E-state index contributed by atoms with van der Waals surface area (Å²) in [4.78, 5) is 11.6. The van der Waals surface area contributed by atoms with Gasteiger partial charge in [-0.05, 0) is 30.4 Å². The molecule has 1 amide bonds. The second-order valence-electron chi connectivity index (χ2n) is 5.81. The number of hydrogen-bond acceptors (Lipinski definition) is 3. The van der Waals surface area contributed by atoms with E-state index in [2.05, 4.69) is 19.2 Å². The molecule has 0 spiro atoms. The first kappa shape index (κ1) is 15.0. The molecule has 0 heterocycles. The summed E-state index contributed by atoms with van der Waals surface area (Å²) < 4.78 is 0. The minimum Gasteiger partial charge on any atom is -0.399 e. The molecule has 5 N–H and O–H groups in total. The fraction of sp³-hybridized carbons (Fsp3) is 0.533. The summed E-state index contributed by atoms with van der Waals surface area (Å²) in [5, 5.41) is 3.87. The van der Waals surface area contributed by atoms with Gasteiger partial charge in [-0.15, -0.1) is 0 Å². The van der Waals surface area contributed by atoms with Crippen LogP contribution in [0.2, 0.25) is 5.02 Å². The lowest BCUT2D eigenvalue weighted by atomic mass is 9.78. The highest BCUT2D eigenvalue weighted by Crippen LogP contribution is 2.35. The molecule has 1 saturated carbocycles. The second-order valence-corrected chi connectivity index (χ2v) is 6.21. The van der Waals surface area contributed by atoms with E-state index in [9.17, 15) is 4.79 Å². The van der Waals surface area contributed by atoms with Gasteiger partial charge in [0.05, 0.1) is 16.3 Å². The largest absolute Gasteiger partial charge is 0.399 e. The minimum atomic E-state index is -0.516. The molecule has 0 bridgehead atoms. The van der Waals surface area contributed by atoms with Gasteiger partial charge in [0, 0.05) is 11.7 Å². The Labute approximate surface area is 124 Å². The van der Waals surface area contributed by atoms with Gasteiger partial charge in [-0.25, -0.2) is 0 Å². The summed E-state index contributed by atoms with van der Waals surface area (Å²) in [5.41, 5.74) is 12.6. The van der Waals surface area contributed by atoms with Crippen molar-refractivity contribution >= 4 is 28.9 Å². The fourth-order valence-corrected chi connectivity index (χ4v) is 3.22. The third-order valence-corrected chi connectivity index (χ3v) is 4.71. The first-order valence-corrected chi connectivity index (χ1v) is 7.43. The van der Waals surface area contributed by atoms with E-state index in [4.69, 9.17) is 23.1 Å². The first-order chi connectivity index (χ1) is 9.40. The molecule has 110 valence electrons. The van der Waals surface area contributed by atoms with Crippen LogP contribution in [-0.2, 0) is 0 Å². The number of carbonyl (C=O) groups excluding carboxylic acids is 1. The summed E-state index contributed by atoms with van der Waals surface area (Å²) in [6.07, 6.45) is 3.50. The van der Waals surface area contributed by atoms with E-state index in [0.717, 1.165) is 6.42 Å². The molecule has 1 aromatic carbocycles. The number of nitrogen functional groups attached to an aromatic ring is 1. The topological polar surface area (TPSA) is 81.1 Å². The normalized spacial score (nSPS) is 26.2. The molecule has 1 fully saturated rings. The van der Waals surface area contributed by atoms with Crippen LogP contribution in [0.1, 0.15) is 43.5 Å². The summed E-state index contributed by atoms with van der Waals surface area (Å²) in [7, 11) is 0. The van der Waals surface area contributed by atoms with Gasteiger partial charge in [0.2, 0.25) is 0 Å². The highest BCUT2D eigenvalue weighted by atomic mass is 35.5. The lowest BCUT2D eigenvalue weighted by Crippen LogP contribution is -2.35. The van der Waals surface area contributed by atoms with Gasteiger partial charge in [-0.1, -0.05) is 38.3 Å². The number of anilines is 2. The lowest BCUT2D eigenvalue weighted by molar-refractivity contribution is 0.100. The van der Waals surface area contributed by atoms with Crippen molar-refractivity contribution in [3.63, 3.8) is 0 Å². The SMILES string of the molecule is CC1CCCC(Nc2c(Cl)cc(N)cc2C(N)=O)C1C. The average molecular weight is 296 g/mol. The van der Waals surface area contributed by atoms with Gasteiger partial charge in [-0.3, -0.25) is 4.79 Å². The number of halogens is 1. The molecule has 0 aromatic heterocycles. The van der Waals surface area contributed by atoms with Crippen LogP contribution in [0.15, 0.2) is 12.1 Å².